The van der Waals surface area contributed by atoms with Crippen LogP contribution in [0.1, 0.15) is 5.56 Å². The molecule has 1 saturated heterocycles. The average molecular weight is 388 g/mol. The first-order chi connectivity index (χ1) is 13.2. The number of piperazine rings is 1. The van der Waals surface area contributed by atoms with E-state index in [1.54, 1.807) is 12.1 Å². The van der Waals surface area contributed by atoms with Gasteiger partial charge in [0.2, 0.25) is 12.7 Å². The lowest BCUT2D eigenvalue weighted by Gasteiger charge is -2.34. The molecule has 2 aromatic carbocycles. The molecule has 0 aliphatic carbocycles. The van der Waals surface area contributed by atoms with Crippen molar-refractivity contribution in [2.75, 3.05) is 44.8 Å². The van der Waals surface area contributed by atoms with Gasteiger partial charge in [-0.05, 0) is 42.0 Å². The van der Waals surface area contributed by atoms with Crippen LogP contribution in [-0.2, 0) is 11.3 Å². The van der Waals surface area contributed by atoms with Crippen molar-refractivity contribution in [1.29, 1.82) is 0 Å². The Labute approximate surface area is 163 Å². The smallest absolute Gasteiger partial charge is 0.238 e. The highest BCUT2D eigenvalue weighted by Crippen LogP contribution is 2.32. The molecule has 142 valence electrons. The summed E-state index contributed by atoms with van der Waals surface area (Å²) in [5.41, 5.74) is 1.99. The minimum absolute atomic E-state index is 0.00143. The van der Waals surface area contributed by atoms with Gasteiger partial charge < -0.3 is 14.8 Å². The standard InChI is InChI=1S/C20H22ClN3O3/c21-16-2-4-17(5-3-16)22-20(25)13-24-9-7-23(8-10-24)12-15-1-6-18-19(11-15)27-14-26-18/h1-6,11H,7-10,12-14H2,(H,22,25). The summed E-state index contributed by atoms with van der Waals surface area (Å²) in [5, 5.41) is 3.57. The van der Waals surface area contributed by atoms with E-state index in [2.05, 4.69) is 21.2 Å². The van der Waals surface area contributed by atoms with Gasteiger partial charge in [0.15, 0.2) is 11.5 Å². The second-order valence-corrected chi connectivity index (χ2v) is 7.23. The molecule has 0 saturated carbocycles. The minimum Gasteiger partial charge on any atom is -0.454 e. The first-order valence-corrected chi connectivity index (χ1v) is 9.42. The van der Waals surface area contributed by atoms with E-state index < -0.39 is 0 Å². The van der Waals surface area contributed by atoms with Gasteiger partial charge in [0, 0.05) is 43.4 Å². The predicted octanol–water partition coefficient (Wildman–Crippen LogP) is 2.83. The molecule has 6 nitrogen and oxygen atoms in total. The third-order valence-corrected chi connectivity index (χ3v) is 5.06. The fraction of sp³-hybridized carbons (Fsp3) is 0.350. The van der Waals surface area contributed by atoms with Crippen LogP contribution in [-0.4, -0.2) is 55.2 Å². The lowest BCUT2D eigenvalue weighted by atomic mass is 10.1. The summed E-state index contributed by atoms with van der Waals surface area (Å²) < 4.78 is 10.8. The Morgan fingerprint density at radius 2 is 1.67 bits per heavy atom. The van der Waals surface area contributed by atoms with Crippen molar-refractivity contribution >= 4 is 23.2 Å². The highest BCUT2D eigenvalue weighted by Gasteiger charge is 2.20. The zero-order chi connectivity index (χ0) is 18.6. The number of hydrogen-bond acceptors (Lipinski definition) is 5. The monoisotopic (exact) mass is 387 g/mol. The molecule has 0 unspecified atom stereocenters. The maximum atomic E-state index is 12.2. The second kappa shape index (κ2) is 8.17. The van der Waals surface area contributed by atoms with Crippen molar-refractivity contribution < 1.29 is 14.3 Å². The van der Waals surface area contributed by atoms with Gasteiger partial charge in [-0.25, -0.2) is 0 Å². The molecule has 2 aromatic rings. The van der Waals surface area contributed by atoms with Gasteiger partial charge in [-0.1, -0.05) is 17.7 Å². The van der Waals surface area contributed by atoms with Crippen LogP contribution in [0.25, 0.3) is 0 Å². The highest BCUT2D eigenvalue weighted by molar-refractivity contribution is 6.30. The van der Waals surface area contributed by atoms with Gasteiger partial charge in [-0.3, -0.25) is 14.6 Å². The largest absolute Gasteiger partial charge is 0.454 e. The summed E-state index contributed by atoms with van der Waals surface area (Å²) >= 11 is 5.86. The topological polar surface area (TPSA) is 54.0 Å². The number of nitrogens with zero attached hydrogens (tertiary/aromatic N) is 2. The maximum Gasteiger partial charge on any atom is 0.238 e. The molecule has 1 N–H and O–H groups in total. The van der Waals surface area contributed by atoms with Crippen LogP contribution in [0, 0.1) is 0 Å². The molecule has 0 atom stereocenters. The zero-order valence-electron chi connectivity index (χ0n) is 15.0. The third kappa shape index (κ3) is 4.71. The molecule has 0 radical (unpaired) electrons. The number of carbonyl (C=O) groups excluding carboxylic acids is 1. The normalized spacial score (nSPS) is 17.1. The summed E-state index contributed by atoms with van der Waals surface area (Å²) in [7, 11) is 0. The number of ether oxygens (including phenoxy) is 2. The second-order valence-electron chi connectivity index (χ2n) is 6.79. The maximum absolute atomic E-state index is 12.2. The molecule has 0 aromatic heterocycles. The van der Waals surface area contributed by atoms with E-state index in [0.717, 1.165) is 49.9 Å². The lowest BCUT2D eigenvalue weighted by Crippen LogP contribution is -2.48. The zero-order valence-corrected chi connectivity index (χ0v) is 15.7. The van der Waals surface area contributed by atoms with Crippen LogP contribution in [0.3, 0.4) is 0 Å². The molecule has 4 rings (SSSR count). The Kier molecular flexibility index (Phi) is 5.48. The molecule has 0 bridgehead atoms. The SMILES string of the molecule is O=C(CN1CCN(Cc2ccc3c(c2)OCO3)CC1)Nc1ccc(Cl)cc1. The van der Waals surface area contributed by atoms with E-state index in [9.17, 15) is 4.79 Å². The molecule has 2 heterocycles. The highest BCUT2D eigenvalue weighted by atomic mass is 35.5. The molecular formula is C20H22ClN3O3. The van der Waals surface area contributed by atoms with Gasteiger partial charge in [-0.2, -0.15) is 0 Å². The number of amides is 1. The van der Waals surface area contributed by atoms with E-state index in [1.807, 2.05) is 24.3 Å². The number of anilines is 1. The Hall–Kier alpha value is -2.28. The van der Waals surface area contributed by atoms with E-state index in [4.69, 9.17) is 21.1 Å². The molecule has 2 aliphatic rings. The van der Waals surface area contributed by atoms with E-state index in [-0.39, 0.29) is 5.91 Å². The lowest BCUT2D eigenvalue weighted by molar-refractivity contribution is -0.117. The van der Waals surface area contributed by atoms with E-state index in [1.165, 1.54) is 5.56 Å². The summed E-state index contributed by atoms with van der Waals surface area (Å²) in [6.07, 6.45) is 0. The molecule has 2 aliphatic heterocycles. The van der Waals surface area contributed by atoms with Gasteiger partial charge >= 0.3 is 0 Å². The number of carbonyl (C=O) groups is 1. The quantitative estimate of drug-likeness (QED) is 0.855. The fourth-order valence-corrected chi connectivity index (χ4v) is 3.47. The Morgan fingerprint density at radius 3 is 2.44 bits per heavy atom. The van der Waals surface area contributed by atoms with Crippen LogP contribution in [0.5, 0.6) is 11.5 Å². The van der Waals surface area contributed by atoms with Crippen molar-refractivity contribution in [1.82, 2.24) is 9.80 Å². The molecule has 0 spiro atoms. The van der Waals surface area contributed by atoms with Crippen LogP contribution < -0.4 is 14.8 Å². The Bertz CT molecular complexity index is 805. The van der Waals surface area contributed by atoms with E-state index in [0.29, 0.717) is 18.4 Å². The van der Waals surface area contributed by atoms with Crippen molar-refractivity contribution in [3.63, 3.8) is 0 Å². The first-order valence-electron chi connectivity index (χ1n) is 9.04. The van der Waals surface area contributed by atoms with E-state index >= 15 is 0 Å². The molecule has 7 heteroatoms. The van der Waals surface area contributed by atoms with Crippen molar-refractivity contribution in [3.05, 3.63) is 53.1 Å². The third-order valence-electron chi connectivity index (χ3n) is 4.80. The van der Waals surface area contributed by atoms with Gasteiger partial charge in [-0.15, -0.1) is 0 Å². The molecule has 27 heavy (non-hydrogen) atoms. The summed E-state index contributed by atoms with van der Waals surface area (Å²) in [4.78, 5) is 16.8. The summed E-state index contributed by atoms with van der Waals surface area (Å²) in [6, 6.07) is 13.3. The van der Waals surface area contributed by atoms with Crippen molar-refractivity contribution in [3.8, 4) is 11.5 Å². The number of nitrogens with one attached hydrogen (secondary N) is 1. The van der Waals surface area contributed by atoms with Crippen LogP contribution >= 0.6 is 11.6 Å². The van der Waals surface area contributed by atoms with Gasteiger partial charge in [0.05, 0.1) is 6.54 Å². The minimum atomic E-state index is 0.00143. The Morgan fingerprint density at radius 1 is 0.963 bits per heavy atom. The molecule has 1 amide bonds. The first kappa shape index (κ1) is 18.1. The predicted molar refractivity (Wildman–Crippen MR) is 104 cm³/mol. The van der Waals surface area contributed by atoms with Crippen LogP contribution in [0.4, 0.5) is 5.69 Å². The van der Waals surface area contributed by atoms with Gasteiger partial charge in [0.1, 0.15) is 0 Å². The fourth-order valence-electron chi connectivity index (χ4n) is 3.34. The van der Waals surface area contributed by atoms with Crippen molar-refractivity contribution in [2.45, 2.75) is 6.54 Å². The Balaban J connectivity index is 1.23. The number of hydrogen-bond donors (Lipinski definition) is 1. The number of fused-ring (bicyclic) bond motifs is 1. The number of halogens is 1. The van der Waals surface area contributed by atoms with Crippen LogP contribution in [0.15, 0.2) is 42.5 Å². The molecule has 1 fully saturated rings. The summed E-state index contributed by atoms with van der Waals surface area (Å²) in [5.74, 6) is 1.64. The molecular weight excluding hydrogens is 366 g/mol. The van der Waals surface area contributed by atoms with Gasteiger partial charge in [0.25, 0.3) is 0 Å². The van der Waals surface area contributed by atoms with Crippen LogP contribution in [0.2, 0.25) is 5.02 Å². The van der Waals surface area contributed by atoms with Crippen molar-refractivity contribution in [2.24, 2.45) is 0 Å². The number of benzene rings is 2. The average Bonchev–Trinajstić information content (AvgIpc) is 3.13. The summed E-state index contributed by atoms with van der Waals surface area (Å²) in [6.45, 7) is 5.19. The number of rotatable bonds is 5.